The highest BCUT2D eigenvalue weighted by atomic mass is 16.5. The van der Waals surface area contributed by atoms with Crippen LogP contribution in [0.1, 0.15) is 42.9 Å². The third kappa shape index (κ3) is 5.14. The molecule has 0 fully saturated rings. The lowest BCUT2D eigenvalue weighted by atomic mass is 9.97. The van der Waals surface area contributed by atoms with Crippen LogP contribution in [0.15, 0.2) is 47.6 Å². The lowest BCUT2D eigenvalue weighted by molar-refractivity contribution is -0.137. The lowest BCUT2D eigenvalue weighted by Gasteiger charge is -2.22. The molecular formula is C23H26N2O6. The van der Waals surface area contributed by atoms with Crippen LogP contribution in [0, 0.1) is 0 Å². The molecule has 0 unspecified atom stereocenters. The normalized spacial score (nSPS) is 15.4. The van der Waals surface area contributed by atoms with Gasteiger partial charge in [-0.05, 0) is 42.3 Å². The Kier molecular flexibility index (Phi) is 7.12. The van der Waals surface area contributed by atoms with Crippen LogP contribution in [0.3, 0.4) is 0 Å². The van der Waals surface area contributed by atoms with Crippen molar-refractivity contribution in [3.05, 3.63) is 53.6 Å². The van der Waals surface area contributed by atoms with Crippen LogP contribution in [0.5, 0.6) is 17.2 Å². The van der Waals surface area contributed by atoms with E-state index in [1.54, 1.807) is 33.5 Å². The highest BCUT2D eigenvalue weighted by Gasteiger charge is 2.34. The summed E-state index contributed by atoms with van der Waals surface area (Å²) in [5.74, 6) is 0.862. The molecule has 8 heteroatoms. The van der Waals surface area contributed by atoms with E-state index in [1.807, 2.05) is 30.3 Å². The maximum atomic E-state index is 12.9. The van der Waals surface area contributed by atoms with E-state index in [4.69, 9.17) is 19.3 Å². The zero-order valence-electron chi connectivity index (χ0n) is 17.8. The Morgan fingerprint density at radius 1 is 1.00 bits per heavy atom. The van der Waals surface area contributed by atoms with E-state index < -0.39 is 5.97 Å². The Morgan fingerprint density at radius 3 is 2.29 bits per heavy atom. The third-order valence-electron chi connectivity index (χ3n) is 5.17. The average molecular weight is 426 g/mol. The minimum Gasteiger partial charge on any atom is -0.497 e. The number of carboxylic acid groups (broad SMARTS) is 1. The summed E-state index contributed by atoms with van der Waals surface area (Å²) in [7, 11) is 4.76. The standard InChI is InChI=1S/C23H26N2O6/c1-29-16-9-7-15(8-10-16)20-14-19(18-13-17(30-2)11-12-21(18)31-3)24-25(20)22(26)5-4-6-23(27)28/h7-13,20H,4-6,14H2,1-3H3,(H,27,28)/t20-/m0/s1. The number of carbonyl (C=O) groups is 2. The number of amides is 1. The second-order valence-electron chi connectivity index (χ2n) is 7.09. The second-order valence-corrected chi connectivity index (χ2v) is 7.09. The van der Waals surface area contributed by atoms with Gasteiger partial charge in [-0.2, -0.15) is 5.10 Å². The number of benzene rings is 2. The van der Waals surface area contributed by atoms with Crippen LogP contribution in [-0.2, 0) is 9.59 Å². The molecule has 0 aromatic heterocycles. The molecule has 1 N–H and O–H groups in total. The topological polar surface area (TPSA) is 97.7 Å². The molecule has 0 spiro atoms. The van der Waals surface area contributed by atoms with E-state index in [-0.39, 0.29) is 31.2 Å². The number of hydrogen-bond acceptors (Lipinski definition) is 6. The molecule has 0 radical (unpaired) electrons. The highest BCUT2D eigenvalue weighted by molar-refractivity contribution is 6.05. The fraction of sp³-hybridized carbons (Fsp3) is 0.348. The SMILES string of the molecule is COc1ccc([C@@H]2CC(c3cc(OC)ccc3OC)=NN2C(=O)CCCC(=O)O)cc1. The minimum atomic E-state index is -0.925. The zero-order chi connectivity index (χ0) is 22.4. The Balaban J connectivity index is 1.94. The van der Waals surface area contributed by atoms with Gasteiger partial charge < -0.3 is 19.3 Å². The molecule has 8 nitrogen and oxygen atoms in total. The summed E-state index contributed by atoms with van der Waals surface area (Å²) >= 11 is 0. The number of carboxylic acids is 1. The highest BCUT2D eigenvalue weighted by Crippen LogP contribution is 2.37. The van der Waals surface area contributed by atoms with Crippen molar-refractivity contribution >= 4 is 17.6 Å². The monoisotopic (exact) mass is 426 g/mol. The number of rotatable bonds is 9. The fourth-order valence-electron chi connectivity index (χ4n) is 3.53. The maximum Gasteiger partial charge on any atom is 0.303 e. The predicted octanol–water partition coefficient (Wildman–Crippen LogP) is 3.65. The third-order valence-corrected chi connectivity index (χ3v) is 5.17. The first-order valence-electron chi connectivity index (χ1n) is 9.94. The van der Waals surface area contributed by atoms with Crippen LogP contribution >= 0.6 is 0 Å². The molecule has 0 bridgehead atoms. The lowest BCUT2D eigenvalue weighted by Crippen LogP contribution is -2.27. The first kappa shape index (κ1) is 22.1. The van der Waals surface area contributed by atoms with Gasteiger partial charge in [0.05, 0.1) is 33.1 Å². The molecule has 0 saturated carbocycles. The summed E-state index contributed by atoms with van der Waals surface area (Å²) in [6, 6.07) is 12.6. The van der Waals surface area contributed by atoms with Crippen molar-refractivity contribution in [2.45, 2.75) is 31.7 Å². The summed E-state index contributed by atoms with van der Waals surface area (Å²) < 4.78 is 16.1. The molecule has 164 valence electrons. The van der Waals surface area contributed by atoms with Gasteiger partial charge in [0.25, 0.3) is 0 Å². The molecule has 1 heterocycles. The van der Waals surface area contributed by atoms with Gasteiger partial charge in [-0.25, -0.2) is 5.01 Å². The number of hydrogen-bond donors (Lipinski definition) is 1. The van der Waals surface area contributed by atoms with Gasteiger partial charge in [0.2, 0.25) is 5.91 Å². The first-order valence-corrected chi connectivity index (χ1v) is 9.94. The summed E-state index contributed by atoms with van der Waals surface area (Å²) in [4.78, 5) is 23.8. The van der Waals surface area contributed by atoms with Crippen LogP contribution in [-0.4, -0.2) is 49.0 Å². The zero-order valence-corrected chi connectivity index (χ0v) is 17.8. The summed E-state index contributed by atoms with van der Waals surface area (Å²) in [6.07, 6.45) is 0.784. The Hall–Kier alpha value is -3.55. The van der Waals surface area contributed by atoms with Crippen LogP contribution in [0.4, 0.5) is 0 Å². The van der Waals surface area contributed by atoms with Crippen molar-refractivity contribution in [2.24, 2.45) is 5.10 Å². The molecule has 1 atom stereocenters. The molecule has 1 aliphatic heterocycles. The fourth-order valence-corrected chi connectivity index (χ4v) is 3.53. The van der Waals surface area contributed by atoms with Crippen molar-refractivity contribution in [3.63, 3.8) is 0 Å². The van der Waals surface area contributed by atoms with Gasteiger partial charge in [0, 0.05) is 24.8 Å². The van der Waals surface area contributed by atoms with Crippen molar-refractivity contribution < 1.29 is 28.9 Å². The molecule has 0 aliphatic carbocycles. The number of hydrazone groups is 1. The molecule has 0 saturated heterocycles. The van der Waals surface area contributed by atoms with Crippen molar-refractivity contribution in [3.8, 4) is 17.2 Å². The molecule has 31 heavy (non-hydrogen) atoms. The number of aliphatic carboxylic acids is 1. The Morgan fingerprint density at radius 2 is 1.68 bits per heavy atom. The summed E-state index contributed by atoms with van der Waals surface area (Å²) in [5, 5.41) is 15.0. The van der Waals surface area contributed by atoms with Gasteiger partial charge >= 0.3 is 5.97 Å². The number of methoxy groups -OCH3 is 3. The Bertz CT molecular complexity index is 971. The molecule has 3 rings (SSSR count). The van der Waals surface area contributed by atoms with Crippen LogP contribution < -0.4 is 14.2 Å². The van der Waals surface area contributed by atoms with Crippen molar-refractivity contribution in [1.82, 2.24) is 5.01 Å². The minimum absolute atomic E-state index is 0.0624. The van der Waals surface area contributed by atoms with Crippen LogP contribution in [0.25, 0.3) is 0 Å². The van der Waals surface area contributed by atoms with Crippen LogP contribution in [0.2, 0.25) is 0 Å². The van der Waals surface area contributed by atoms with Gasteiger partial charge in [-0.15, -0.1) is 0 Å². The summed E-state index contributed by atoms with van der Waals surface area (Å²) in [5.41, 5.74) is 2.36. The van der Waals surface area contributed by atoms with E-state index in [1.165, 1.54) is 5.01 Å². The largest absolute Gasteiger partial charge is 0.497 e. The molecule has 1 amide bonds. The van der Waals surface area contributed by atoms with E-state index in [0.717, 1.165) is 16.9 Å². The first-order chi connectivity index (χ1) is 15.0. The van der Waals surface area contributed by atoms with E-state index in [2.05, 4.69) is 5.10 Å². The van der Waals surface area contributed by atoms with E-state index in [0.29, 0.717) is 23.6 Å². The van der Waals surface area contributed by atoms with E-state index in [9.17, 15) is 9.59 Å². The van der Waals surface area contributed by atoms with Crippen molar-refractivity contribution in [2.75, 3.05) is 21.3 Å². The van der Waals surface area contributed by atoms with Gasteiger partial charge in [0.1, 0.15) is 17.2 Å². The average Bonchev–Trinajstić information content (AvgIpc) is 3.23. The molecular weight excluding hydrogens is 400 g/mol. The summed E-state index contributed by atoms with van der Waals surface area (Å²) in [6.45, 7) is 0. The molecule has 2 aromatic rings. The molecule has 1 aliphatic rings. The molecule has 2 aromatic carbocycles. The van der Waals surface area contributed by atoms with E-state index >= 15 is 0 Å². The maximum absolute atomic E-state index is 12.9. The predicted molar refractivity (Wildman–Crippen MR) is 115 cm³/mol. The second kappa shape index (κ2) is 9.97. The van der Waals surface area contributed by atoms with Gasteiger partial charge in [-0.3, -0.25) is 9.59 Å². The number of ether oxygens (including phenoxy) is 3. The quantitative estimate of drug-likeness (QED) is 0.657. The smallest absolute Gasteiger partial charge is 0.303 e. The number of carbonyl (C=O) groups excluding carboxylic acids is 1. The van der Waals surface area contributed by atoms with Gasteiger partial charge in [0.15, 0.2) is 0 Å². The van der Waals surface area contributed by atoms with Crippen molar-refractivity contribution in [1.29, 1.82) is 0 Å². The number of nitrogens with zero attached hydrogens (tertiary/aromatic N) is 2. The Labute approximate surface area is 181 Å². The van der Waals surface area contributed by atoms with Gasteiger partial charge in [-0.1, -0.05) is 12.1 Å².